The molecular weight excluding hydrogens is 280 g/mol. The van der Waals surface area contributed by atoms with E-state index in [1.54, 1.807) is 11.8 Å². The first-order chi connectivity index (χ1) is 9.54. The lowest BCUT2D eigenvalue weighted by Crippen LogP contribution is -2.43. The van der Waals surface area contributed by atoms with E-state index < -0.39 is 0 Å². The summed E-state index contributed by atoms with van der Waals surface area (Å²) in [5.41, 5.74) is 5.03. The molecule has 1 aliphatic heterocycles. The molecule has 6 nitrogen and oxygen atoms in total. The number of thioether (sulfide) groups is 1. The summed E-state index contributed by atoms with van der Waals surface area (Å²) in [6.07, 6.45) is 1.97. The molecule has 1 rings (SSSR count). The van der Waals surface area contributed by atoms with Gasteiger partial charge in [0, 0.05) is 25.3 Å². The molecule has 0 spiro atoms. The van der Waals surface area contributed by atoms with Crippen LogP contribution in [0.5, 0.6) is 0 Å². The standard InChI is InChI=1S/C13H22N2O4S/c1-2-19-13(18)10-4-3-6-15(8-10)12(17)5-7-20-9-11(14)16/h10H,2-9H2,1H3,(H2,14,16)/t10-/m1/s1. The zero-order valence-electron chi connectivity index (χ0n) is 11.8. The van der Waals surface area contributed by atoms with Gasteiger partial charge in [0.05, 0.1) is 18.3 Å². The van der Waals surface area contributed by atoms with Crippen LogP contribution >= 0.6 is 11.8 Å². The first-order valence-electron chi connectivity index (χ1n) is 6.85. The normalized spacial score (nSPS) is 18.6. The molecule has 0 unspecified atom stereocenters. The molecule has 0 saturated carbocycles. The topological polar surface area (TPSA) is 89.7 Å². The molecule has 20 heavy (non-hydrogen) atoms. The molecule has 2 amide bonds. The SMILES string of the molecule is CCOC(=O)[C@@H]1CCCN(C(=O)CCSCC(N)=O)C1. The van der Waals surface area contributed by atoms with Crippen LogP contribution in [0.15, 0.2) is 0 Å². The molecule has 0 aromatic rings. The summed E-state index contributed by atoms with van der Waals surface area (Å²) in [6.45, 7) is 3.28. The molecule has 0 aromatic heterocycles. The summed E-state index contributed by atoms with van der Waals surface area (Å²) in [7, 11) is 0. The lowest BCUT2D eigenvalue weighted by molar-refractivity contribution is -0.151. The van der Waals surface area contributed by atoms with Crippen LogP contribution in [0.25, 0.3) is 0 Å². The van der Waals surface area contributed by atoms with Crippen molar-refractivity contribution in [2.24, 2.45) is 11.7 Å². The van der Waals surface area contributed by atoms with Crippen molar-refractivity contribution in [3.8, 4) is 0 Å². The van der Waals surface area contributed by atoms with Crippen LogP contribution in [0.4, 0.5) is 0 Å². The Morgan fingerprint density at radius 2 is 2.15 bits per heavy atom. The van der Waals surface area contributed by atoms with Gasteiger partial charge in [0.15, 0.2) is 0 Å². The van der Waals surface area contributed by atoms with Gasteiger partial charge in [0.2, 0.25) is 11.8 Å². The van der Waals surface area contributed by atoms with Gasteiger partial charge in [0.25, 0.3) is 0 Å². The Bertz CT molecular complexity index is 362. The largest absolute Gasteiger partial charge is 0.466 e. The first-order valence-corrected chi connectivity index (χ1v) is 8.00. The van der Waals surface area contributed by atoms with Gasteiger partial charge in [0.1, 0.15) is 0 Å². The van der Waals surface area contributed by atoms with Crippen molar-refractivity contribution in [2.75, 3.05) is 31.2 Å². The third-order valence-corrected chi connectivity index (χ3v) is 4.08. The average Bonchev–Trinajstić information content (AvgIpc) is 2.43. The van der Waals surface area contributed by atoms with Crippen LogP contribution in [0.2, 0.25) is 0 Å². The second-order valence-corrected chi connectivity index (χ2v) is 5.81. The molecule has 2 N–H and O–H groups in total. The Balaban J connectivity index is 2.32. The van der Waals surface area contributed by atoms with E-state index in [0.29, 0.717) is 31.9 Å². The Morgan fingerprint density at radius 1 is 1.40 bits per heavy atom. The molecule has 114 valence electrons. The van der Waals surface area contributed by atoms with Crippen LogP contribution in [0, 0.1) is 5.92 Å². The van der Waals surface area contributed by atoms with Gasteiger partial charge >= 0.3 is 5.97 Å². The van der Waals surface area contributed by atoms with E-state index in [4.69, 9.17) is 10.5 Å². The summed E-state index contributed by atoms with van der Waals surface area (Å²) in [6, 6.07) is 0. The number of carbonyl (C=O) groups is 3. The number of rotatable bonds is 7. The minimum atomic E-state index is -0.372. The highest BCUT2D eigenvalue weighted by atomic mass is 32.2. The average molecular weight is 302 g/mol. The summed E-state index contributed by atoms with van der Waals surface area (Å²) >= 11 is 1.36. The number of esters is 1. The summed E-state index contributed by atoms with van der Waals surface area (Å²) < 4.78 is 5.00. The summed E-state index contributed by atoms with van der Waals surface area (Å²) in [5, 5.41) is 0. The number of primary amides is 1. The van der Waals surface area contributed by atoms with Crippen molar-refractivity contribution in [2.45, 2.75) is 26.2 Å². The van der Waals surface area contributed by atoms with Crippen molar-refractivity contribution in [1.82, 2.24) is 4.90 Å². The highest BCUT2D eigenvalue weighted by Crippen LogP contribution is 2.19. The van der Waals surface area contributed by atoms with Crippen molar-refractivity contribution in [1.29, 1.82) is 0 Å². The fourth-order valence-electron chi connectivity index (χ4n) is 2.15. The molecule has 1 fully saturated rings. The van der Waals surface area contributed by atoms with Crippen molar-refractivity contribution in [3.63, 3.8) is 0 Å². The van der Waals surface area contributed by atoms with Gasteiger partial charge in [-0.25, -0.2) is 0 Å². The molecule has 1 saturated heterocycles. The third kappa shape index (κ3) is 5.81. The summed E-state index contributed by atoms with van der Waals surface area (Å²) in [4.78, 5) is 36.0. The van der Waals surface area contributed by atoms with Gasteiger partial charge in [-0.3, -0.25) is 14.4 Å². The molecule has 1 aliphatic rings. The highest BCUT2D eigenvalue weighted by molar-refractivity contribution is 7.99. The van der Waals surface area contributed by atoms with E-state index in [0.717, 1.165) is 12.8 Å². The van der Waals surface area contributed by atoms with E-state index in [1.807, 2.05) is 0 Å². The molecule has 0 aromatic carbocycles. The van der Waals surface area contributed by atoms with Crippen molar-refractivity contribution >= 4 is 29.5 Å². The van der Waals surface area contributed by atoms with Crippen LogP contribution in [0.1, 0.15) is 26.2 Å². The zero-order chi connectivity index (χ0) is 15.0. The first kappa shape index (κ1) is 16.8. The quantitative estimate of drug-likeness (QED) is 0.543. The number of amides is 2. The predicted molar refractivity (Wildman–Crippen MR) is 77.1 cm³/mol. The Hall–Kier alpha value is -1.24. The van der Waals surface area contributed by atoms with Gasteiger partial charge in [-0.1, -0.05) is 0 Å². The number of hydrogen-bond acceptors (Lipinski definition) is 5. The van der Waals surface area contributed by atoms with E-state index in [-0.39, 0.29) is 29.5 Å². The lowest BCUT2D eigenvalue weighted by Gasteiger charge is -2.31. The van der Waals surface area contributed by atoms with Crippen LogP contribution in [-0.2, 0) is 19.1 Å². The minimum absolute atomic E-state index is 0.0240. The maximum absolute atomic E-state index is 12.0. The highest BCUT2D eigenvalue weighted by Gasteiger charge is 2.28. The molecular formula is C13H22N2O4S. The Labute approximate surface area is 123 Å². The number of piperidine rings is 1. The second kappa shape index (κ2) is 8.84. The fourth-order valence-corrected chi connectivity index (χ4v) is 2.81. The van der Waals surface area contributed by atoms with E-state index in [9.17, 15) is 14.4 Å². The number of ether oxygens (including phenoxy) is 1. The van der Waals surface area contributed by atoms with E-state index in [2.05, 4.69) is 0 Å². The molecule has 7 heteroatoms. The van der Waals surface area contributed by atoms with Gasteiger partial charge in [-0.15, -0.1) is 0 Å². The van der Waals surface area contributed by atoms with E-state index >= 15 is 0 Å². The van der Waals surface area contributed by atoms with Crippen molar-refractivity contribution in [3.05, 3.63) is 0 Å². The smallest absolute Gasteiger partial charge is 0.310 e. The zero-order valence-corrected chi connectivity index (χ0v) is 12.6. The molecule has 1 heterocycles. The number of likely N-dealkylation sites (tertiary alicyclic amines) is 1. The maximum Gasteiger partial charge on any atom is 0.310 e. The van der Waals surface area contributed by atoms with Gasteiger partial charge in [-0.2, -0.15) is 11.8 Å². The number of nitrogens with two attached hydrogens (primary N) is 1. The summed E-state index contributed by atoms with van der Waals surface area (Å²) in [5.74, 6) is 0.0407. The monoisotopic (exact) mass is 302 g/mol. The molecule has 1 atom stereocenters. The maximum atomic E-state index is 12.0. The lowest BCUT2D eigenvalue weighted by atomic mass is 9.98. The van der Waals surface area contributed by atoms with E-state index in [1.165, 1.54) is 11.8 Å². The predicted octanol–water partition coefficient (Wildman–Crippen LogP) is 0.397. The Kier molecular flexibility index (Phi) is 7.43. The molecule has 0 radical (unpaired) electrons. The minimum Gasteiger partial charge on any atom is -0.466 e. The number of nitrogens with zero attached hydrogens (tertiary/aromatic N) is 1. The number of carbonyl (C=O) groups excluding carboxylic acids is 3. The number of hydrogen-bond donors (Lipinski definition) is 1. The molecule has 0 aliphatic carbocycles. The Morgan fingerprint density at radius 3 is 2.80 bits per heavy atom. The second-order valence-electron chi connectivity index (χ2n) is 4.70. The third-order valence-electron chi connectivity index (χ3n) is 3.10. The van der Waals surface area contributed by atoms with Gasteiger partial charge < -0.3 is 15.4 Å². The van der Waals surface area contributed by atoms with Crippen LogP contribution in [-0.4, -0.2) is 53.9 Å². The van der Waals surface area contributed by atoms with Crippen molar-refractivity contribution < 1.29 is 19.1 Å². The fraction of sp³-hybridized carbons (Fsp3) is 0.769. The molecule has 0 bridgehead atoms. The van der Waals surface area contributed by atoms with Crippen LogP contribution in [0.3, 0.4) is 0 Å². The van der Waals surface area contributed by atoms with Crippen LogP contribution < -0.4 is 5.73 Å². The van der Waals surface area contributed by atoms with Gasteiger partial charge in [-0.05, 0) is 19.8 Å².